The lowest BCUT2D eigenvalue weighted by molar-refractivity contribution is -0.126. The van der Waals surface area contributed by atoms with E-state index >= 15 is 0 Å². The second-order valence-corrected chi connectivity index (χ2v) is 9.05. The monoisotopic (exact) mass is 424 g/mol. The third kappa shape index (κ3) is 5.92. The van der Waals surface area contributed by atoms with E-state index in [1.165, 1.54) is 18.5 Å². The number of carbonyl (C=O) groups excluding carboxylic acids is 1. The largest absolute Gasteiger partial charge is 0.354 e. The van der Waals surface area contributed by atoms with Gasteiger partial charge in [0.25, 0.3) is 0 Å². The van der Waals surface area contributed by atoms with Crippen molar-refractivity contribution >= 4 is 5.91 Å². The normalized spacial score (nSPS) is 19.5. The molecule has 2 saturated heterocycles. The molecule has 0 spiro atoms. The molecule has 2 aromatic heterocycles. The fourth-order valence-corrected chi connectivity index (χ4v) is 4.97. The summed E-state index contributed by atoms with van der Waals surface area (Å²) in [6.07, 6.45) is 8.14. The molecule has 4 rings (SSSR count). The molecule has 7 nitrogen and oxygen atoms in total. The van der Waals surface area contributed by atoms with E-state index in [4.69, 9.17) is 0 Å². The van der Waals surface area contributed by atoms with Gasteiger partial charge in [0, 0.05) is 62.8 Å². The molecule has 2 fully saturated rings. The van der Waals surface area contributed by atoms with Gasteiger partial charge in [0.15, 0.2) is 0 Å². The number of nitrogens with zero attached hydrogens (tertiary/aromatic N) is 5. The molecule has 0 aromatic carbocycles. The predicted octanol–water partition coefficient (Wildman–Crippen LogP) is 2.39. The highest BCUT2D eigenvalue weighted by Gasteiger charge is 2.30. The van der Waals surface area contributed by atoms with Crippen molar-refractivity contribution in [3.63, 3.8) is 0 Å². The Bertz CT molecular complexity index is 849. The first-order chi connectivity index (χ1) is 15.1. The summed E-state index contributed by atoms with van der Waals surface area (Å²) >= 11 is 0. The average molecular weight is 425 g/mol. The second-order valence-electron chi connectivity index (χ2n) is 9.05. The van der Waals surface area contributed by atoms with Crippen LogP contribution >= 0.6 is 0 Å². The third-order valence-corrected chi connectivity index (χ3v) is 6.88. The van der Waals surface area contributed by atoms with Gasteiger partial charge in [-0.2, -0.15) is 0 Å². The number of piperidine rings is 2. The van der Waals surface area contributed by atoms with Gasteiger partial charge in [-0.25, -0.2) is 4.98 Å². The summed E-state index contributed by atoms with van der Waals surface area (Å²) in [6.45, 7) is 10.8. The molecular formula is C24H36N6O. The fraction of sp³-hybridized carbons (Fsp3) is 0.625. The average Bonchev–Trinajstić information content (AvgIpc) is 3.19. The SMILES string of the molecule is Cc1cccc(CN2CCC(N3CCC(C(=O)NCCn4ccnc4C)CC3)CC2)n1. The number of likely N-dealkylation sites (tertiary alicyclic amines) is 2. The van der Waals surface area contributed by atoms with Crippen LogP contribution in [-0.2, 0) is 17.9 Å². The van der Waals surface area contributed by atoms with Crippen LogP contribution in [0.15, 0.2) is 30.6 Å². The zero-order valence-corrected chi connectivity index (χ0v) is 19.0. The van der Waals surface area contributed by atoms with Crippen LogP contribution in [0.25, 0.3) is 0 Å². The Hall–Kier alpha value is -2.25. The first-order valence-electron chi connectivity index (χ1n) is 11.7. The van der Waals surface area contributed by atoms with E-state index in [1.807, 2.05) is 13.1 Å². The van der Waals surface area contributed by atoms with Crippen LogP contribution in [0.1, 0.15) is 42.9 Å². The van der Waals surface area contributed by atoms with Crippen LogP contribution < -0.4 is 5.32 Å². The summed E-state index contributed by atoms with van der Waals surface area (Å²) in [7, 11) is 0. The Morgan fingerprint density at radius 2 is 1.87 bits per heavy atom. The van der Waals surface area contributed by atoms with Gasteiger partial charge in [0.05, 0.1) is 5.69 Å². The number of nitrogens with one attached hydrogen (secondary N) is 1. The van der Waals surface area contributed by atoms with E-state index in [-0.39, 0.29) is 11.8 Å². The smallest absolute Gasteiger partial charge is 0.223 e. The number of hydrogen-bond donors (Lipinski definition) is 1. The Morgan fingerprint density at radius 1 is 1.10 bits per heavy atom. The van der Waals surface area contributed by atoms with E-state index in [0.717, 1.165) is 63.6 Å². The van der Waals surface area contributed by atoms with Gasteiger partial charge in [-0.1, -0.05) is 6.07 Å². The molecule has 0 saturated carbocycles. The van der Waals surface area contributed by atoms with Crippen LogP contribution in [0, 0.1) is 19.8 Å². The zero-order chi connectivity index (χ0) is 21.6. The Kier molecular flexibility index (Phi) is 7.35. The fourth-order valence-electron chi connectivity index (χ4n) is 4.97. The van der Waals surface area contributed by atoms with Gasteiger partial charge in [-0.3, -0.25) is 14.7 Å². The molecule has 0 unspecified atom stereocenters. The first kappa shape index (κ1) is 22.0. The van der Waals surface area contributed by atoms with Gasteiger partial charge in [0.1, 0.15) is 5.82 Å². The summed E-state index contributed by atoms with van der Waals surface area (Å²) in [6, 6.07) is 6.95. The molecule has 7 heteroatoms. The highest BCUT2D eigenvalue weighted by atomic mass is 16.1. The van der Waals surface area contributed by atoms with Gasteiger partial charge in [0.2, 0.25) is 5.91 Å². The third-order valence-electron chi connectivity index (χ3n) is 6.88. The summed E-state index contributed by atoms with van der Waals surface area (Å²) in [4.78, 5) is 26.6. The summed E-state index contributed by atoms with van der Waals surface area (Å²) in [5.41, 5.74) is 2.27. The van der Waals surface area contributed by atoms with Gasteiger partial charge >= 0.3 is 0 Å². The summed E-state index contributed by atoms with van der Waals surface area (Å²) < 4.78 is 2.07. The van der Waals surface area contributed by atoms with E-state index in [9.17, 15) is 4.79 Å². The molecule has 2 aliphatic rings. The maximum Gasteiger partial charge on any atom is 0.223 e. The maximum atomic E-state index is 12.6. The lowest BCUT2D eigenvalue weighted by atomic mass is 9.92. The Labute approximate surface area is 185 Å². The summed E-state index contributed by atoms with van der Waals surface area (Å²) in [5, 5.41) is 3.13. The van der Waals surface area contributed by atoms with Crippen molar-refractivity contribution < 1.29 is 4.79 Å². The Balaban J connectivity index is 1.15. The molecule has 0 radical (unpaired) electrons. The minimum absolute atomic E-state index is 0.160. The molecule has 31 heavy (non-hydrogen) atoms. The molecule has 0 bridgehead atoms. The number of aryl methyl sites for hydroxylation is 2. The lowest BCUT2D eigenvalue weighted by Crippen LogP contribution is -2.49. The number of rotatable bonds is 7. The van der Waals surface area contributed by atoms with Crippen LogP contribution in [-0.4, -0.2) is 69.0 Å². The van der Waals surface area contributed by atoms with Crippen molar-refractivity contribution in [3.8, 4) is 0 Å². The zero-order valence-electron chi connectivity index (χ0n) is 19.0. The van der Waals surface area contributed by atoms with Crippen molar-refractivity contribution in [3.05, 3.63) is 47.8 Å². The van der Waals surface area contributed by atoms with Crippen LogP contribution in [0.2, 0.25) is 0 Å². The maximum absolute atomic E-state index is 12.6. The number of hydrogen-bond acceptors (Lipinski definition) is 5. The number of imidazole rings is 1. The quantitative estimate of drug-likeness (QED) is 0.739. The Morgan fingerprint density at radius 3 is 2.55 bits per heavy atom. The van der Waals surface area contributed by atoms with Crippen LogP contribution in [0.4, 0.5) is 0 Å². The second kappa shape index (κ2) is 10.4. The van der Waals surface area contributed by atoms with Crippen molar-refractivity contribution in [2.24, 2.45) is 5.92 Å². The van der Waals surface area contributed by atoms with Crippen molar-refractivity contribution in [1.29, 1.82) is 0 Å². The highest BCUT2D eigenvalue weighted by molar-refractivity contribution is 5.78. The van der Waals surface area contributed by atoms with Crippen molar-refractivity contribution in [2.45, 2.75) is 58.7 Å². The molecule has 1 amide bonds. The van der Waals surface area contributed by atoms with Crippen LogP contribution in [0.5, 0.6) is 0 Å². The van der Waals surface area contributed by atoms with E-state index < -0.39 is 0 Å². The topological polar surface area (TPSA) is 66.3 Å². The number of amides is 1. The highest BCUT2D eigenvalue weighted by Crippen LogP contribution is 2.24. The van der Waals surface area contributed by atoms with Crippen LogP contribution in [0.3, 0.4) is 0 Å². The molecule has 2 aromatic rings. The van der Waals surface area contributed by atoms with Gasteiger partial charge in [-0.05, 0) is 64.8 Å². The standard InChI is InChI=1S/C24H36N6O/c1-19-4-3-5-22(27-19)18-28-12-8-23(9-13-28)30-14-6-21(7-15-30)24(31)26-11-17-29-16-10-25-20(29)2/h3-5,10,16,21,23H,6-9,11-15,17-18H2,1-2H3,(H,26,31). The van der Waals surface area contributed by atoms with Gasteiger partial charge < -0.3 is 14.8 Å². The molecule has 2 aliphatic heterocycles. The first-order valence-corrected chi connectivity index (χ1v) is 11.7. The van der Waals surface area contributed by atoms with E-state index in [2.05, 4.69) is 54.8 Å². The minimum Gasteiger partial charge on any atom is -0.354 e. The molecule has 168 valence electrons. The van der Waals surface area contributed by atoms with E-state index in [0.29, 0.717) is 12.6 Å². The van der Waals surface area contributed by atoms with Crippen molar-refractivity contribution in [2.75, 3.05) is 32.7 Å². The molecule has 0 aliphatic carbocycles. The lowest BCUT2D eigenvalue weighted by Gasteiger charge is -2.41. The summed E-state index contributed by atoms with van der Waals surface area (Å²) in [5.74, 6) is 1.37. The molecule has 1 N–H and O–H groups in total. The molecule has 4 heterocycles. The van der Waals surface area contributed by atoms with E-state index in [1.54, 1.807) is 6.20 Å². The minimum atomic E-state index is 0.160. The van der Waals surface area contributed by atoms with Gasteiger partial charge in [-0.15, -0.1) is 0 Å². The van der Waals surface area contributed by atoms with Crippen molar-refractivity contribution in [1.82, 2.24) is 29.7 Å². The molecular weight excluding hydrogens is 388 g/mol. The number of pyridine rings is 1. The molecule has 0 atom stereocenters. The number of carbonyl (C=O) groups is 1. The number of aromatic nitrogens is 3. The predicted molar refractivity (Wildman–Crippen MR) is 122 cm³/mol.